The van der Waals surface area contributed by atoms with Gasteiger partial charge in [0.2, 0.25) is 0 Å². The lowest BCUT2D eigenvalue weighted by Crippen LogP contribution is -2.23. The molecule has 2 nitrogen and oxygen atoms in total. The van der Waals surface area contributed by atoms with E-state index in [1.807, 2.05) is 0 Å². The number of hydrogen-bond donors (Lipinski definition) is 0. The first-order chi connectivity index (χ1) is 8.15. The van der Waals surface area contributed by atoms with Crippen LogP contribution in [0.15, 0.2) is 18.2 Å². The van der Waals surface area contributed by atoms with Crippen LogP contribution in [0.5, 0.6) is 5.75 Å². The van der Waals surface area contributed by atoms with Crippen LogP contribution in [0, 0.1) is 0 Å². The van der Waals surface area contributed by atoms with Gasteiger partial charge in [0.25, 0.3) is 0 Å². The summed E-state index contributed by atoms with van der Waals surface area (Å²) in [5, 5.41) is 0. The first kappa shape index (κ1) is 11.1. The monoisotopic (exact) mass is 232 g/mol. The molecule has 1 atom stereocenters. The molecule has 0 aromatic heterocycles. The summed E-state index contributed by atoms with van der Waals surface area (Å²) in [5.74, 6) is 0.997. The number of ether oxygens (including phenoxy) is 2. The maximum absolute atomic E-state index is 5.74. The maximum Gasteiger partial charge on any atom is 0.119 e. The average molecular weight is 232 g/mol. The standard InChI is InChI=1S/C15H20O2/c1-15(2)7-3-4-11-8-12(5-6-14(11)15)16-9-13-10-17-13/h5-6,8,13H,3-4,7,9-10H2,1-2H3. The minimum atomic E-state index is 0.325. The van der Waals surface area contributed by atoms with E-state index in [0.717, 1.165) is 12.4 Å². The first-order valence-corrected chi connectivity index (χ1v) is 6.53. The average Bonchev–Trinajstić information content (AvgIpc) is 3.09. The van der Waals surface area contributed by atoms with Crippen molar-refractivity contribution in [2.75, 3.05) is 13.2 Å². The van der Waals surface area contributed by atoms with Crippen molar-refractivity contribution in [2.24, 2.45) is 0 Å². The Hall–Kier alpha value is -1.02. The summed E-state index contributed by atoms with van der Waals surface area (Å²) in [4.78, 5) is 0. The number of aryl methyl sites for hydroxylation is 1. The van der Waals surface area contributed by atoms with Crippen LogP contribution >= 0.6 is 0 Å². The number of epoxide rings is 1. The smallest absolute Gasteiger partial charge is 0.119 e. The largest absolute Gasteiger partial charge is 0.491 e. The second-order valence-electron chi connectivity index (χ2n) is 5.82. The molecule has 1 unspecified atom stereocenters. The van der Waals surface area contributed by atoms with Gasteiger partial charge in [-0.3, -0.25) is 0 Å². The highest BCUT2D eigenvalue weighted by molar-refractivity contribution is 5.41. The lowest BCUT2D eigenvalue weighted by molar-refractivity contribution is 0.262. The van der Waals surface area contributed by atoms with E-state index < -0.39 is 0 Å². The summed E-state index contributed by atoms with van der Waals surface area (Å²) >= 11 is 0. The lowest BCUT2D eigenvalue weighted by atomic mass is 9.73. The number of benzene rings is 1. The van der Waals surface area contributed by atoms with Crippen molar-refractivity contribution in [3.05, 3.63) is 29.3 Å². The van der Waals surface area contributed by atoms with Crippen molar-refractivity contribution in [3.8, 4) is 5.75 Å². The fraction of sp³-hybridized carbons (Fsp3) is 0.600. The Kier molecular flexibility index (Phi) is 2.62. The van der Waals surface area contributed by atoms with Gasteiger partial charge in [-0.05, 0) is 47.9 Å². The zero-order valence-corrected chi connectivity index (χ0v) is 10.7. The SMILES string of the molecule is CC1(C)CCCc2cc(OCC3CO3)ccc21. The highest BCUT2D eigenvalue weighted by Crippen LogP contribution is 2.38. The van der Waals surface area contributed by atoms with Crippen molar-refractivity contribution in [1.29, 1.82) is 0 Å². The van der Waals surface area contributed by atoms with Crippen molar-refractivity contribution in [1.82, 2.24) is 0 Å². The number of hydrogen-bond acceptors (Lipinski definition) is 2. The first-order valence-electron chi connectivity index (χ1n) is 6.53. The van der Waals surface area contributed by atoms with Crippen LogP contribution in [0.4, 0.5) is 0 Å². The second kappa shape index (κ2) is 4.02. The van der Waals surface area contributed by atoms with Crippen molar-refractivity contribution in [2.45, 2.75) is 44.6 Å². The Morgan fingerprint density at radius 1 is 1.41 bits per heavy atom. The Morgan fingerprint density at radius 2 is 2.24 bits per heavy atom. The summed E-state index contributed by atoms with van der Waals surface area (Å²) in [6.45, 7) is 6.23. The quantitative estimate of drug-likeness (QED) is 0.747. The molecule has 2 heteroatoms. The maximum atomic E-state index is 5.74. The van der Waals surface area contributed by atoms with Crippen molar-refractivity contribution in [3.63, 3.8) is 0 Å². The van der Waals surface area contributed by atoms with E-state index in [0.29, 0.717) is 18.1 Å². The Balaban J connectivity index is 1.80. The minimum Gasteiger partial charge on any atom is -0.491 e. The van der Waals surface area contributed by atoms with E-state index in [9.17, 15) is 0 Å². The van der Waals surface area contributed by atoms with Crippen LogP contribution in [0.3, 0.4) is 0 Å². The minimum absolute atomic E-state index is 0.325. The highest BCUT2D eigenvalue weighted by atomic mass is 16.6. The van der Waals surface area contributed by atoms with E-state index in [1.54, 1.807) is 0 Å². The Labute approximate surface area is 103 Å². The van der Waals surface area contributed by atoms with Crippen molar-refractivity contribution < 1.29 is 9.47 Å². The van der Waals surface area contributed by atoms with Crippen LogP contribution in [-0.4, -0.2) is 19.3 Å². The molecular weight excluding hydrogens is 212 g/mol. The molecule has 92 valence electrons. The molecule has 2 aliphatic rings. The van der Waals surface area contributed by atoms with Gasteiger partial charge in [0.05, 0.1) is 6.61 Å². The molecule has 0 saturated carbocycles. The molecule has 1 fully saturated rings. The van der Waals surface area contributed by atoms with Gasteiger partial charge >= 0.3 is 0 Å². The van der Waals surface area contributed by atoms with E-state index >= 15 is 0 Å². The molecule has 1 aliphatic carbocycles. The Bertz CT molecular complexity index is 419. The van der Waals surface area contributed by atoms with Gasteiger partial charge in [-0.15, -0.1) is 0 Å². The van der Waals surface area contributed by atoms with E-state index in [-0.39, 0.29) is 0 Å². The van der Waals surface area contributed by atoms with Crippen LogP contribution in [0.1, 0.15) is 37.8 Å². The molecule has 0 amide bonds. The Morgan fingerprint density at radius 3 is 3.00 bits per heavy atom. The second-order valence-corrected chi connectivity index (χ2v) is 5.82. The van der Waals surface area contributed by atoms with Gasteiger partial charge in [-0.1, -0.05) is 19.9 Å². The molecule has 1 heterocycles. The third kappa shape index (κ3) is 2.32. The van der Waals surface area contributed by atoms with Gasteiger partial charge in [0, 0.05) is 0 Å². The van der Waals surface area contributed by atoms with Gasteiger partial charge < -0.3 is 9.47 Å². The summed E-state index contributed by atoms with van der Waals surface area (Å²) in [6.07, 6.45) is 4.10. The van der Waals surface area contributed by atoms with Gasteiger partial charge in [0.15, 0.2) is 0 Å². The zero-order valence-electron chi connectivity index (χ0n) is 10.7. The van der Waals surface area contributed by atoms with Crippen LogP contribution in [0.25, 0.3) is 0 Å². The number of fused-ring (bicyclic) bond motifs is 1. The zero-order chi connectivity index (χ0) is 11.9. The van der Waals surface area contributed by atoms with Crippen molar-refractivity contribution >= 4 is 0 Å². The van der Waals surface area contributed by atoms with E-state index in [1.165, 1.54) is 30.4 Å². The van der Waals surface area contributed by atoms with Crippen LogP contribution < -0.4 is 4.74 Å². The third-order valence-electron chi connectivity index (χ3n) is 3.89. The molecule has 3 rings (SSSR count). The van der Waals surface area contributed by atoms with Crippen LogP contribution in [-0.2, 0) is 16.6 Å². The summed E-state index contributed by atoms with van der Waals surface area (Å²) in [6, 6.07) is 6.57. The normalized spacial score (nSPS) is 25.2. The molecule has 17 heavy (non-hydrogen) atoms. The molecular formula is C15H20O2. The molecule has 1 saturated heterocycles. The fourth-order valence-corrected chi connectivity index (χ4v) is 2.74. The molecule has 0 bridgehead atoms. The molecule has 1 aliphatic heterocycles. The van der Waals surface area contributed by atoms with E-state index in [4.69, 9.17) is 9.47 Å². The van der Waals surface area contributed by atoms with Gasteiger partial charge in [-0.2, -0.15) is 0 Å². The summed E-state index contributed by atoms with van der Waals surface area (Å²) in [7, 11) is 0. The van der Waals surface area contributed by atoms with E-state index in [2.05, 4.69) is 32.0 Å². The number of rotatable bonds is 3. The summed E-state index contributed by atoms with van der Waals surface area (Å²) < 4.78 is 10.9. The highest BCUT2D eigenvalue weighted by Gasteiger charge is 2.28. The topological polar surface area (TPSA) is 21.8 Å². The lowest BCUT2D eigenvalue weighted by Gasteiger charge is -2.32. The molecule has 0 N–H and O–H groups in total. The third-order valence-corrected chi connectivity index (χ3v) is 3.89. The molecule has 0 radical (unpaired) electrons. The predicted molar refractivity (Wildman–Crippen MR) is 67.6 cm³/mol. The van der Waals surface area contributed by atoms with Gasteiger partial charge in [0.1, 0.15) is 18.5 Å². The fourth-order valence-electron chi connectivity index (χ4n) is 2.74. The van der Waals surface area contributed by atoms with Crippen LogP contribution in [0.2, 0.25) is 0 Å². The summed E-state index contributed by atoms with van der Waals surface area (Å²) in [5.41, 5.74) is 3.29. The van der Waals surface area contributed by atoms with Gasteiger partial charge in [-0.25, -0.2) is 0 Å². The molecule has 1 aromatic rings. The molecule has 0 spiro atoms. The predicted octanol–water partition coefficient (Wildman–Crippen LogP) is 3.08. The molecule has 1 aromatic carbocycles.